The number of morpholine rings is 1. The summed E-state index contributed by atoms with van der Waals surface area (Å²) in [5, 5.41) is 11.3. The van der Waals surface area contributed by atoms with Crippen LogP contribution in [0.1, 0.15) is 16.7 Å². The SMILES string of the molecule is Cc1ccc(C(O)=C2C(=O)C(=O)N(CCN3CCOCC3)[C@]23C(=O)N(C)c2ccccc23)cc1F. The summed E-state index contributed by atoms with van der Waals surface area (Å²) in [5.74, 6) is -3.50. The highest BCUT2D eigenvalue weighted by Crippen LogP contribution is 2.53. The van der Waals surface area contributed by atoms with E-state index in [1.807, 2.05) is 0 Å². The van der Waals surface area contributed by atoms with Crippen LogP contribution in [-0.2, 0) is 24.7 Å². The lowest BCUT2D eigenvalue weighted by molar-refractivity contribution is -0.144. The third kappa shape index (κ3) is 3.37. The Morgan fingerprint density at radius 1 is 1.09 bits per heavy atom. The number of amides is 2. The number of aliphatic hydroxyl groups excluding tert-OH is 1. The summed E-state index contributed by atoms with van der Waals surface area (Å²) in [5.41, 5.74) is -0.811. The summed E-state index contributed by atoms with van der Waals surface area (Å²) in [6, 6.07) is 11.0. The van der Waals surface area contributed by atoms with Gasteiger partial charge in [0, 0.05) is 50.0 Å². The summed E-state index contributed by atoms with van der Waals surface area (Å²) in [6.45, 7) is 4.57. The average molecular weight is 480 g/mol. The molecule has 5 rings (SSSR count). The molecule has 0 radical (unpaired) electrons. The Hall–Kier alpha value is -3.56. The van der Waals surface area contributed by atoms with Crippen LogP contribution in [-0.4, -0.2) is 78.9 Å². The molecule has 2 aromatic rings. The van der Waals surface area contributed by atoms with Gasteiger partial charge in [-0.15, -0.1) is 0 Å². The van der Waals surface area contributed by atoms with Crippen LogP contribution in [0.15, 0.2) is 48.0 Å². The smallest absolute Gasteiger partial charge is 0.296 e. The van der Waals surface area contributed by atoms with Crippen LogP contribution in [0.3, 0.4) is 0 Å². The Morgan fingerprint density at radius 2 is 1.80 bits per heavy atom. The summed E-state index contributed by atoms with van der Waals surface area (Å²) in [6.07, 6.45) is 0. The van der Waals surface area contributed by atoms with Crippen molar-refractivity contribution in [2.24, 2.45) is 0 Å². The predicted molar refractivity (Wildman–Crippen MR) is 126 cm³/mol. The van der Waals surface area contributed by atoms with Crippen molar-refractivity contribution in [2.75, 3.05) is 51.3 Å². The maximum Gasteiger partial charge on any atom is 0.296 e. The number of ketones is 1. The average Bonchev–Trinajstić information content (AvgIpc) is 3.23. The van der Waals surface area contributed by atoms with Gasteiger partial charge in [0.2, 0.25) is 0 Å². The number of benzene rings is 2. The van der Waals surface area contributed by atoms with Crippen molar-refractivity contribution >= 4 is 29.0 Å². The lowest BCUT2D eigenvalue weighted by Gasteiger charge is -2.36. The number of fused-ring (bicyclic) bond motifs is 2. The molecular weight excluding hydrogens is 453 g/mol. The van der Waals surface area contributed by atoms with Crippen molar-refractivity contribution in [3.8, 4) is 0 Å². The van der Waals surface area contributed by atoms with E-state index >= 15 is 0 Å². The van der Waals surface area contributed by atoms with Gasteiger partial charge < -0.3 is 19.6 Å². The highest BCUT2D eigenvalue weighted by atomic mass is 19.1. The van der Waals surface area contributed by atoms with Crippen molar-refractivity contribution < 1.29 is 28.6 Å². The van der Waals surface area contributed by atoms with Gasteiger partial charge in [0.05, 0.1) is 18.8 Å². The van der Waals surface area contributed by atoms with Gasteiger partial charge in [-0.1, -0.05) is 30.3 Å². The Balaban J connectivity index is 1.70. The van der Waals surface area contributed by atoms with Gasteiger partial charge in [-0.3, -0.25) is 19.3 Å². The Morgan fingerprint density at radius 3 is 2.51 bits per heavy atom. The molecule has 0 bridgehead atoms. The van der Waals surface area contributed by atoms with Gasteiger partial charge in [0.1, 0.15) is 11.6 Å². The van der Waals surface area contributed by atoms with Crippen molar-refractivity contribution in [1.82, 2.24) is 9.80 Å². The largest absolute Gasteiger partial charge is 0.507 e. The van der Waals surface area contributed by atoms with E-state index in [2.05, 4.69) is 4.90 Å². The Bertz CT molecular complexity index is 1270. The molecule has 0 saturated carbocycles. The zero-order chi connectivity index (χ0) is 24.9. The van der Waals surface area contributed by atoms with Gasteiger partial charge >= 0.3 is 0 Å². The summed E-state index contributed by atoms with van der Waals surface area (Å²) in [4.78, 5) is 45.6. The number of aliphatic hydroxyl groups is 1. The number of para-hydroxylation sites is 1. The topological polar surface area (TPSA) is 90.4 Å². The number of rotatable bonds is 4. The molecule has 2 saturated heterocycles. The van der Waals surface area contributed by atoms with E-state index in [9.17, 15) is 23.9 Å². The first-order valence-electron chi connectivity index (χ1n) is 11.5. The summed E-state index contributed by atoms with van der Waals surface area (Å²) in [7, 11) is 1.57. The molecular formula is C26H26FN3O5. The number of likely N-dealkylation sites (N-methyl/N-ethyl adjacent to an activating group) is 1. The number of hydrogen-bond donors (Lipinski definition) is 1. The molecule has 0 aliphatic carbocycles. The monoisotopic (exact) mass is 479 g/mol. The molecule has 3 aliphatic rings. The van der Waals surface area contributed by atoms with Gasteiger partial charge in [0.15, 0.2) is 5.54 Å². The van der Waals surface area contributed by atoms with Gasteiger partial charge in [-0.05, 0) is 24.6 Å². The zero-order valence-electron chi connectivity index (χ0n) is 19.6. The Kier molecular flexibility index (Phi) is 5.69. The first kappa shape index (κ1) is 23.2. The number of carbonyl (C=O) groups excluding carboxylic acids is 3. The standard InChI is InChI=1S/C26H26FN3O5/c1-16-7-8-17(15-19(16)27)22(31)21-23(32)24(33)30(10-9-29-11-13-35-14-12-29)26(21)18-5-3-4-6-20(18)28(2)25(26)34/h3-8,15,31H,9-14H2,1-2H3/t26-/m0/s1. The lowest BCUT2D eigenvalue weighted by Crippen LogP contribution is -2.53. The molecule has 8 nitrogen and oxygen atoms in total. The second kappa shape index (κ2) is 8.58. The van der Waals surface area contributed by atoms with Crippen molar-refractivity contribution in [3.05, 3.63) is 70.5 Å². The number of nitrogens with zero attached hydrogens (tertiary/aromatic N) is 3. The molecule has 182 valence electrons. The molecule has 1 N–H and O–H groups in total. The fourth-order valence-electron chi connectivity index (χ4n) is 5.22. The molecule has 2 aromatic carbocycles. The maximum atomic E-state index is 14.4. The van der Waals surface area contributed by atoms with E-state index in [1.54, 1.807) is 38.2 Å². The minimum Gasteiger partial charge on any atom is -0.507 e. The molecule has 9 heteroatoms. The molecule has 2 fully saturated rings. The highest BCUT2D eigenvalue weighted by molar-refractivity contribution is 6.50. The van der Waals surface area contributed by atoms with Gasteiger partial charge in [0.25, 0.3) is 17.6 Å². The second-order valence-electron chi connectivity index (χ2n) is 9.02. The van der Waals surface area contributed by atoms with E-state index in [4.69, 9.17) is 4.74 Å². The van der Waals surface area contributed by atoms with Crippen molar-refractivity contribution in [1.29, 1.82) is 0 Å². The van der Waals surface area contributed by atoms with Crippen LogP contribution >= 0.6 is 0 Å². The third-order valence-corrected chi connectivity index (χ3v) is 7.13. The molecule has 0 unspecified atom stereocenters. The first-order valence-corrected chi connectivity index (χ1v) is 11.5. The number of halogens is 1. The fraction of sp³-hybridized carbons (Fsp3) is 0.346. The van der Waals surface area contributed by atoms with Gasteiger partial charge in [-0.25, -0.2) is 4.39 Å². The fourth-order valence-corrected chi connectivity index (χ4v) is 5.22. The van der Waals surface area contributed by atoms with E-state index in [-0.39, 0.29) is 17.7 Å². The molecule has 35 heavy (non-hydrogen) atoms. The number of anilines is 1. The summed E-state index contributed by atoms with van der Waals surface area (Å²) < 4.78 is 19.8. The number of carbonyl (C=O) groups is 3. The highest BCUT2D eigenvalue weighted by Gasteiger charge is 2.66. The van der Waals surface area contributed by atoms with E-state index < -0.39 is 34.7 Å². The van der Waals surface area contributed by atoms with Crippen LogP contribution in [0, 0.1) is 12.7 Å². The van der Waals surface area contributed by atoms with Crippen molar-refractivity contribution in [2.45, 2.75) is 12.5 Å². The van der Waals surface area contributed by atoms with E-state index in [1.165, 1.54) is 21.9 Å². The number of aryl methyl sites for hydroxylation is 1. The Labute approximate surface area is 202 Å². The molecule has 3 heterocycles. The first-order chi connectivity index (χ1) is 16.8. The van der Waals surface area contributed by atoms with E-state index in [0.717, 1.165) is 6.07 Å². The minimum absolute atomic E-state index is 0.0264. The molecule has 1 spiro atoms. The second-order valence-corrected chi connectivity index (χ2v) is 9.02. The number of ether oxygens (including phenoxy) is 1. The van der Waals surface area contributed by atoms with Crippen LogP contribution in [0.25, 0.3) is 5.76 Å². The van der Waals surface area contributed by atoms with Crippen LogP contribution in [0.2, 0.25) is 0 Å². The third-order valence-electron chi connectivity index (χ3n) is 7.13. The normalized spacial score (nSPS) is 24.0. The number of likely N-dealkylation sites (tertiary alicyclic amines) is 1. The van der Waals surface area contributed by atoms with Crippen LogP contribution in [0.4, 0.5) is 10.1 Å². The van der Waals surface area contributed by atoms with E-state index in [0.29, 0.717) is 49.7 Å². The van der Waals surface area contributed by atoms with Crippen LogP contribution < -0.4 is 4.90 Å². The lowest BCUT2D eigenvalue weighted by atomic mass is 9.82. The number of Topliss-reactive ketones (excluding diaryl/α,β-unsaturated/α-hetero) is 1. The van der Waals surface area contributed by atoms with Crippen LogP contribution in [0.5, 0.6) is 0 Å². The molecule has 2 amide bonds. The quantitative estimate of drug-likeness (QED) is 0.410. The molecule has 1 atom stereocenters. The van der Waals surface area contributed by atoms with Crippen molar-refractivity contribution in [3.63, 3.8) is 0 Å². The summed E-state index contributed by atoms with van der Waals surface area (Å²) >= 11 is 0. The molecule has 3 aliphatic heterocycles. The maximum absolute atomic E-state index is 14.4. The minimum atomic E-state index is -1.84. The van der Waals surface area contributed by atoms with Gasteiger partial charge in [-0.2, -0.15) is 0 Å². The molecule has 0 aromatic heterocycles. The predicted octanol–water partition coefficient (Wildman–Crippen LogP) is 2.02. The zero-order valence-corrected chi connectivity index (χ0v) is 19.6. The number of hydrogen-bond acceptors (Lipinski definition) is 6.